The molecule has 0 bridgehead atoms. The fraction of sp³-hybridized carbons (Fsp3) is 0.667. The van der Waals surface area contributed by atoms with Gasteiger partial charge < -0.3 is 15.0 Å². The lowest BCUT2D eigenvalue weighted by atomic mass is 9.95. The predicted octanol–water partition coefficient (Wildman–Crippen LogP) is 1.38. The third-order valence-corrected chi connectivity index (χ3v) is 4.11. The van der Waals surface area contributed by atoms with E-state index in [0.29, 0.717) is 30.9 Å². The van der Waals surface area contributed by atoms with E-state index in [1.807, 2.05) is 0 Å². The second kappa shape index (κ2) is 6.85. The van der Waals surface area contributed by atoms with E-state index in [4.69, 9.17) is 4.74 Å². The summed E-state index contributed by atoms with van der Waals surface area (Å²) in [7, 11) is 0. The van der Waals surface area contributed by atoms with E-state index in [0.717, 1.165) is 25.9 Å². The van der Waals surface area contributed by atoms with Crippen LogP contribution in [0.15, 0.2) is 12.3 Å². The number of rotatable bonds is 3. The molecular formula is C15H22N4O2. The highest BCUT2D eigenvalue weighted by atomic mass is 16.5. The molecule has 1 amide bonds. The summed E-state index contributed by atoms with van der Waals surface area (Å²) < 4.78 is 5.32. The first-order valence-corrected chi connectivity index (χ1v) is 7.79. The highest BCUT2D eigenvalue weighted by Gasteiger charge is 2.19. The van der Waals surface area contributed by atoms with Crippen molar-refractivity contribution in [2.45, 2.75) is 38.1 Å². The Morgan fingerprint density at radius 2 is 2.00 bits per heavy atom. The van der Waals surface area contributed by atoms with Crippen LogP contribution in [-0.4, -0.2) is 48.2 Å². The largest absolute Gasteiger partial charge is 0.378 e. The molecule has 1 saturated heterocycles. The van der Waals surface area contributed by atoms with Crippen molar-refractivity contribution < 1.29 is 9.53 Å². The van der Waals surface area contributed by atoms with Gasteiger partial charge in [-0.1, -0.05) is 19.3 Å². The van der Waals surface area contributed by atoms with Gasteiger partial charge in [0.2, 0.25) is 5.95 Å². The molecule has 1 N–H and O–H groups in total. The van der Waals surface area contributed by atoms with Gasteiger partial charge in [-0.05, 0) is 18.9 Å². The number of ether oxygens (including phenoxy) is 1. The number of aromatic nitrogens is 2. The van der Waals surface area contributed by atoms with Crippen LogP contribution >= 0.6 is 0 Å². The number of hydrogen-bond acceptors (Lipinski definition) is 5. The summed E-state index contributed by atoms with van der Waals surface area (Å²) in [6.07, 6.45) is 7.50. The van der Waals surface area contributed by atoms with Gasteiger partial charge in [-0.15, -0.1) is 0 Å². The Morgan fingerprint density at radius 3 is 2.76 bits per heavy atom. The number of hydrogen-bond donors (Lipinski definition) is 1. The fourth-order valence-electron chi connectivity index (χ4n) is 2.90. The van der Waals surface area contributed by atoms with Gasteiger partial charge >= 0.3 is 0 Å². The molecule has 1 aliphatic carbocycles. The van der Waals surface area contributed by atoms with Crippen LogP contribution in [0.3, 0.4) is 0 Å². The molecule has 0 aromatic carbocycles. The summed E-state index contributed by atoms with van der Waals surface area (Å²) in [6.45, 7) is 2.91. The van der Waals surface area contributed by atoms with E-state index in [2.05, 4.69) is 20.2 Å². The summed E-state index contributed by atoms with van der Waals surface area (Å²) >= 11 is 0. The SMILES string of the molecule is O=C(NC1CCCCC1)c1ccnc(N2CCOCC2)n1. The van der Waals surface area contributed by atoms with Gasteiger partial charge in [0.05, 0.1) is 13.2 Å². The zero-order chi connectivity index (χ0) is 14.5. The Morgan fingerprint density at radius 1 is 1.24 bits per heavy atom. The first-order chi connectivity index (χ1) is 10.3. The Labute approximate surface area is 124 Å². The molecule has 0 radical (unpaired) electrons. The lowest BCUT2D eigenvalue weighted by Gasteiger charge is -2.27. The monoisotopic (exact) mass is 290 g/mol. The first kappa shape index (κ1) is 14.3. The van der Waals surface area contributed by atoms with Crippen LogP contribution in [-0.2, 0) is 4.74 Å². The molecule has 0 unspecified atom stereocenters. The number of amides is 1. The molecule has 2 aliphatic rings. The molecule has 1 aromatic rings. The van der Waals surface area contributed by atoms with Crippen LogP contribution in [0.2, 0.25) is 0 Å². The molecular weight excluding hydrogens is 268 g/mol. The van der Waals surface area contributed by atoms with Gasteiger partial charge in [-0.25, -0.2) is 9.97 Å². The van der Waals surface area contributed by atoms with E-state index >= 15 is 0 Å². The maximum Gasteiger partial charge on any atom is 0.270 e. The highest BCUT2D eigenvalue weighted by Crippen LogP contribution is 2.18. The Kier molecular flexibility index (Phi) is 4.65. The Bertz CT molecular complexity index is 482. The molecule has 6 nitrogen and oxygen atoms in total. The van der Waals surface area contributed by atoms with Crippen molar-refractivity contribution in [2.24, 2.45) is 0 Å². The maximum atomic E-state index is 12.3. The zero-order valence-electron chi connectivity index (χ0n) is 12.3. The smallest absolute Gasteiger partial charge is 0.270 e. The van der Waals surface area contributed by atoms with Gasteiger partial charge in [0.15, 0.2) is 0 Å². The number of carbonyl (C=O) groups excluding carboxylic acids is 1. The minimum absolute atomic E-state index is 0.0844. The van der Waals surface area contributed by atoms with Crippen molar-refractivity contribution in [1.29, 1.82) is 0 Å². The fourth-order valence-corrected chi connectivity index (χ4v) is 2.90. The van der Waals surface area contributed by atoms with E-state index in [9.17, 15) is 4.79 Å². The average Bonchev–Trinajstić information content (AvgIpc) is 2.57. The van der Waals surface area contributed by atoms with E-state index in [1.165, 1.54) is 19.3 Å². The quantitative estimate of drug-likeness (QED) is 0.911. The van der Waals surface area contributed by atoms with Gasteiger partial charge in [0, 0.05) is 25.3 Å². The summed E-state index contributed by atoms with van der Waals surface area (Å²) in [6, 6.07) is 1.98. The first-order valence-electron chi connectivity index (χ1n) is 7.79. The zero-order valence-corrected chi connectivity index (χ0v) is 12.3. The van der Waals surface area contributed by atoms with Gasteiger partial charge in [-0.3, -0.25) is 4.79 Å². The minimum atomic E-state index is -0.0844. The summed E-state index contributed by atoms with van der Waals surface area (Å²) in [5, 5.41) is 3.09. The number of carbonyl (C=O) groups is 1. The van der Waals surface area contributed by atoms with Crippen molar-refractivity contribution in [2.75, 3.05) is 31.2 Å². The van der Waals surface area contributed by atoms with Crippen molar-refractivity contribution in [3.63, 3.8) is 0 Å². The number of nitrogens with one attached hydrogen (secondary N) is 1. The van der Waals surface area contributed by atoms with E-state index < -0.39 is 0 Å². The molecule has 21 heavy (non-hydrogen) atoms. The van der Waals surface area contributed by atoms with Crippen LogP contribution in [0.5, 0.6) is 0 Å². The van der Waals surface area contributed by atoms with Crippen LogP contribution < -0.4 is 10.2 Å². The topological polar surface area (TPSA) is 67.4 Å². The second-order valence-corrected chi connectivity index (χ2v) is 5.65. The van der Waals surface area contributed by atoms with Crippen molar-refractivity contribution in [3.8, 4) is 0 Å². The predicted molar refractivity (Wildman–Crippen MR) is 79.4 cm³/mol. The minimum Gasteiger partial charge on any atom is -0.378 e. The number of anilines is 1. The molecule has 3 rings (SSSR count). The van der Waals surface area contributed by atoms with E-state index in [-0.39, 0.29) is 5.91 Å². The van der Waals surface area contributed by atoms with Crippen molar-refractivity contribution >= 4 is 11.9 Å². The lowest BCUT2D eigenvalue weighted by molar-refractivity contribution is 0.0922. The van der Waals surface area contributed by atoms with Crippen molar-refractivity contribution in [3.05, 3.63) is 18.0 Å². The van der Waals surface area contributed by atoms with Crippen LogP contribution in [0.25, 0.3) is 0 Å². The van der Waals surface area contributed by atoms with Gasteiger partial charge in [-0.2, -0.15) is 0 Å². The van der Waals surface area contributed by atoms with Crippen LogP contribution in [0.4, 0.5) is 5.95 Å². The molecule has 1 aromatic heterocycles. The number of nitrogens with zero attached hydrogens (tertiary/aromatic N) is 3. The van der Waals surface area contributed by atoms with Crippen molar-refractivity contribution in [1.82, 2.24) is 15.3 Å². The maximum absolute atomic E-state index is 12.3. The summed E-state index contributed by atoms with van der Waals surface area (Å²) in [5.74, 6) is 0.536. The molecule has 1 saturated carbocycles. The van der Waals surface area contributed by atoms with Crippen LogP contribution in [0, 0.1) is 0 Å². The van der Waals surface area contributed by atoms with Gasteiger partial charge in [0.1, 0.15) is 5.69 Å². The normalized spacial score (nSPS) is 20.3. The molecule has 2 heterocycles. The second-order valence-electron chi connectivity index (χ2n) is 5.65. The summed E-state index contributed by atoms with van der Waals surface area (Å²) in [5.41, 5.74) is 0.456. The standard InChI is InChI=1S/C15H22N4O2/c20-14(17-12-4-2-1-3-5-12)13-6-7-16-15(18-13)19-8-10-21-11-9-19/h6-7,12H,1-5,8-11H2,(H,17,20). The average molecular weight is 290 g/mol. The third-order valence-electron chi connectivity index (χ3n) is 4.11. The van der Waals surface area contributed by atoms with Gasteiger partial charge in [0.25, 0.3) is 5.91 Å². The molecule has 114 valence electrons. The molecule has 1 aliphatic heterocycles. The molecule has 6 heteroatoms. The highest BCUT2D eigenvalue weighted by molar-refractivity contribution is 5.92. The van der Waals surface area contributed by atoms with Crippen LogP contribution in [0.1, 0.15) is 42.6 Å². The molecule has 2 fully saturated rings. The molecule has 0 atom stereocenters. The Balaban J connectivity index is 1.65. The summed E-state index contributed by atoms with van der Waals surface area (Å²) in [4.78, 5) is 23.0. The Hall–Kier alpha value is -1.69. The molecule has 0 spiro atoms. The van der Waals surface area contributed by atoms with E-state index in [1.54, 1.807) is 12.3 Å². The lowest BCUT2D eigenvalue weighted by Crippen LogP contribution is -2.39. The third kappa shape index (κ3) is 3.69. The number of morpholine rings is 1.